The van der Waals surface area contributed by atoms with Gasteiger partial charge in [-0.15, -0.1) is 0 Å². The van der Waals surface area contributed by atoms with Gasteiger partial charge in [0.15, 0.2) is 0 Å². The lowest BCUT2D eigenvalue weighted by atomic mass is 9.95. The van der Waals surface area contributed by atoms with E-state index >= 15 is 0 Å². The minimum absolute atomic E-state index is 0.132. The van der Waals surface area contributed by atoms with Gasteiger partial charge in [0.1, 0.15) is 5.69 Å². The molecule has 2 rings (SSSR count). The minimum atomic E-state index is -0.308. The Morgan fingerprint density at radius 2 is 2.26 bits per heavy atom. The zero-order valence-corrected chi connectivity index (χ0v) is 13.2. The number of nitro groups is 1. The third-order valence-corrected chi connectivity index (χ3v) is 4.34. The highest BCUT2D eigenvalue weighted by Gasteiger charge is 2.29. The fourth-order valence-electron chi connectivity index (χ4n) is 2.47. The van der Waals surface area contributed by atoms with Gasteiger partial charge in [0.05, 0.1) is 11.0 Å². The first-order chi connectivity index (χ1) is 9.02. The van der Waals surface area contributed by atoms with E-state index in [1.54, 1.807) is 13.2 Å². The molecule has 0 spiro atoms. The number of rotatable bonds is 3. The third kappa shape index (κ3) is 3.17. The molecule has 2 atom stereocenters. The Bertz CT molecular complexity index is 481. The van der Waals surface area contributed by atoms with Crippen LogP contribution in [-0.2, 0) is 4.74 Å². The monoisotopic (exact) mass is 376 g/mol. The molecule has 6 heteroatoms. The van der Waals surface area contributed by atoms with Crippen molar-refractivity contribution in [1.29, 1.82) is 0 Å². The number of hydrogen-bond acceptors (Lipinski definition) is 4. The van der Waals surface area contributed by atoms with Crippen molar-refractivity contribution < 1.29 is 9.66 Å². The van der Waals surface area contributed by atoms with Crippen LogP contribution < -0.4 is 4.90 Å². The van der Waals surface area contributed by atoms with E-state index in [-0.39, 0.29) is 16.7 Å². The van der Waals surface area contributed by atoms with Gasteiger partial charge in [-0.3, -0.25) is 10.1 Å². The smallest absolute Gasteiger partial charge is 0.293 e. The molecule has 0 aliphatic carbocycles. The molecule has 19 heavy (non-hydrogen) atoms. The van der Waals surface area contributed by atoms with Crippen molar-refractivity contribution in [2.45, 2.75) is 19.4 Å². The van der Waals surface area contributed by atoms with Crippen LogP contribution >= 0.6 is 22.6 Å². The lowest BCUT2D eigenvalue weighted by Crippen LogP contribution is -2.44. The molecule has 0 N–H and O–H groups in total. The maximum atomic E-state index is 11.2. The molecule has 1 aliphatic heterocycles. The topological polar surface area (TPSA) is 55.6 Å². The molecule has 1 aromatic rings. The fraction of sp³-hybridized carbons (Fsp3) is 0.538. The van der Waals surface area contributed by atoms with Crippen molar-refractivity contribution in [3.05, 3.63) is 31.9 Å². The Balaban J connectivity index is 2.29. The standard InChI is InChI=1S/C13H17IN2O3/c1-9-5-6-15(8-13(9)19-2)11-4-3-10(14)7-12(11)16(17)18/h3-4,7,9,13H,5-6,8H2,1-2H3. The van der Waals surface area contributed by atoms with Crippen molar-refractivity contribution in [3.8, 4) is 0 Å². The molecule has 0 aromatic heterocycles. The Kier molecular flexibility index (Phi) is 4.62. The van der Waals surface area contributed by atoms with E-state index in [0.29, 0.717) is 18.2 Å². The molecule has 2 unspecified atom stereocenters. The van der Waals surface area contributed by atoms with Crippen LogP contribution in [-0.4, -0.2) is 31.2 Å². The Labute approximate surface area is 126 Å². The summed E-state index contributed by atoms with van der Waals surface area (Å²) in [6.45, 7) is 3.70. The molecule has 1 aromatic carbocycles. The number of nitrogens with zero attached hydrogens (tertiary/aromatic N) is 2. The Morgan fingerprint density at radius 3 is 2.89 bits per heavy atom. The van der Waals surface area contributed by atoms with Gasteiger partial charge in [0.25, 0.3) is 5.69 Å². The van der Waals surface area contributed by atoms with Crippen LogP contribution in [0.3, 0.4) is 0 Å². The second kappa shape index (κ2) is 6.04. The summed E-state index contributed by atoms with van der Waals surface area (Å²) in [5.41, 5.74) is 0.871. The molecule has 1 saturated heterocycles. The highest BCUT2D eigenvalue weighted by molar-refractivity contribution is 14.1. The summed E-state index contributed by atoms with van der Waals surface area (Å²) < 4.78 is 6.34. The van der Waals surface area contributed by atoms with E-state index in [2.05, 4.69) is 34.4 Å². The van der Waals surface area contributed by atoms with E-state index in [1.165, 1.54) is 0 Å². The normalized spacial score (nSPS) is 23.4. The van der Waals surface area contributed by atoms with Gasteiger partial charge in [-0.2, -0.15) is 0 Å². The lowest BCUT2D eigenvalue weighted by Gasteiger charge is -2.37. The van der Waals surface area contributed by atoms with Crippen LogP contribution in [0.2, 0.25) is 0 Å². The van der Waals surface area contributed by atoms with Crippen LogP contribution in [0.4, 0.5) is 11.4 Å². The van der Waals surface area contributed by atoms with Crippen molar-refractivity contribution >= 4 is 34.0 Å². The van der Waals surface area contributed by atoms with Gasteiger partial charge in [0.2, 0.25) is 0 Å². The highest BCUT2D eigenvalue weighted by atomic mass is 127. The number of methoxy groups -OCH3 is 1. The van der Waals surface area contributed by atoms with Crippen LogP contribution in [0.1, 0.15) is 13.3 Å². The number of hydrogen-bond donors (Lipinski definition) is 0. The molecule has 0 saturated carbocycles. The van der Waals surface area contributed by atoms with E-state index in [4.69, 9.17) is 4.74 Å². The zero-order valence-electron chi connectivity index (χ0n) is 11.0. The quantitative estimate of drug-likeness (QED) is 0.462. The second-order valence-electron chi connectivity index (χ2n) is 4.88. The molecule has 1 fully saturated rings. The number of benzene rings is 1. The number of anilines is 1. The zero-order chi connectivity index (χ0) is 14.0. The van der Waals surface area contributed by atoms with Gasteiger partial charge < -0.3 is 9.64 Å². The summed E-state index contributed by atoms with van der Waals surface area (Å²) in [7, 11) is 1.70. The predicted octanol–water partition coefficient (Wildman–Crippen LogP) is 3.06. The van der Waals surface area contributed by atoms with E-state index in [1.807, 2.05) is 12.1 Å². The lowest BCUT2D eigenvalue weighted by molar-refractivity contribution is -0.384. The highest BCUT2D eigenvalue weighted by Crippen LogP contribution is 2.33. The summed E-state index contributed by atoms with van der Waals surface area (Å²) in [4.78, 5) is 12.9. The summed E-state index contributed by atoms with van der Waals surface area (Å²) in [6, 6.07) is 5.36. The summed E-state index contributed by atoms with van der Waals surface area (Å²) in [5.74, 6) is 0.490. The van der Waals surface area contributed by atoms with Gasteiger partial charge in [-0.05, 0) is 47.1 Å². The number of piperidine rings is 1. The molecular weight excluding hydrogens is 359 g/mol. The number of nitro benzene ring substituents is 1. The average molecular weight is 376 g/mol. The van der Waals surface area contributed by atoms with Crippen LogP contribution in [0, 0.1) is 19.6 Å². The van der Waals surface area contributed by atoms with Gasteiger partial charge >= 0.3 is 0 Å². The molecule has 0 bridgehead atoms. The molecule has 0 radical (unpaired) electrons. The third-order valence-electron chi connectivity index (χ3n) is 3.67. The number of halogens is 1. The summed E-state index contributed by atoms with van der Waals surface area (Å²) in [5, 5.41) is 11.2. The Morgan fingerprint density at radius 1 is 1.53 bits per heavy atom. The van der Waals surface area contributed by atoms with Crippen LogP contribution in [0.5, 0.6) is 0 Å². The maximum Gasteiger partial charge on any atom is 0.293 e. The second-order valence-corrected chi connectivity index (χ2v) is 6.12. The predicted molar refractivity (Wildman–Crippen MR) is 82.6 cm³/mol. The Hall–Kier alpha value is -0.890. The molecule has 0 amide bonds. The van der Waals surface area contributed by atoms with Gasteiger partial charge in [0, 0.05) is 29.8 Å². The average Bonchev–Trinajstić information content (AvgIpc) is 2.39. The molecule has 5 nitrogen and oxygen atoms in total. The van der Waals surface area contributed by atoms with Crippen molar-refractivity contribution in [2.75, 3.05) is 25.1 Å². The van der Waals surface area contributed by atoms with Crippen LogP contribution in [0.25, 0.3) is 0 Å². The largest absolute Gasteiger partial charge is 0.379 e. The summed E-state index contributed by atoms with van der Waals surface area (Å²) in [6.07, 6.45) is 1.12. The minimum Gasteiger partial charge on any atom is -0.379 e. The molecular formula is C13H17IN2O3. The van der Waals surface area contributed by atoms with Crippen molar-refractivity contribution in [3.63, 3.8) is 0 Å². The van der Waals surface area contributed by atoms with E-state index in [0.717, 1.165) is 16.5 Å². The molecule has 1 heterocycles. The SMILES string of the molecule is COC1CN(c2ccc(I)cc2[N+](=O)[O-])CCC1C. The first-order valence-electron chi connectivity index (χ1n) is 6.24. The van der Waals surface area contributed by atoms with Crippen molar-refractivity contribution in [2.24, 2.45) is 5.92 Å². The maximum absolute atomic E-state index is 11.2. The fourth-order valence-corrected chi connectivity index (χ4v) is 2.94. The summed E-state index contributed by atoms with van der Waals surface area (Å²) >= 11 is 2.09. The van der Waals surface area contributed by atoms with Gasteiger partial charge in [-0.25, -0.2) is 0 Å². The first kappa shape index (κ1) is 14.5. The first-order valence-corrected chi connectivity index (χ1v) is 7.32. The number of ether oxygens (including phenoxy) is 1. The molecule has 1 aliphatic rings. The van der Waals surface area contributed by atoms with Gasteiger partial charge in [-0.1, -0.05) is 6.92 Å². The van der Waals surface area contributed by atoms with Crippen molar-refractivity contribution in [1.82, 2.24) is 0 Å². The molecule has 104 valence electrons. The van der Waals surface area contributed by atoms with Crippen LogP contribution in [0.15, 0.2) is 18.2 Å². The van der Waals surface area contributed by atoms with E-state index < -0.39 is 0 Å². The van der Waals surface area contributed by atoms with E-state index in [9.17, 15) is 10.1 Å².